The van der Waals surface area contributed by atoms with Crippen LogP contribution in [0.4, 0.5) is 0 Å². The number of aromatic nitrogens is 2. The Morgan fingerprint density at radius 2 is 1.97 bits per heavy atom. The number of ether oxygens (including phenoxy) is 3. The number of pyridine rings is 1. The minimum Gasteiger partial charge on any atom is -0.493 e. The third kappa shape index (κ3) is 5.94. The summed E-state index contributed by atoms with van der Waals surface area (Å²) in [7, 11) is 1.57. The van der Waals surface area contributed by atoms with Crippen LogP contribution in [0, 0.1) is 12.8 Å². The lowest BCUT2D eigenvalue weighted by molar-refractivity contribution is -0.139. The van der Waals surface area contributed by atoms with Crippen LogP contribution in [0.5, 0.6) is 11.5 Å². The van der Waals surface area contributed by atoms with Gasteiger partial charge in [0.2, 0.25) is 0 Å². The molecule has 1 aromatic carbocycles. The van der Waals surface area contributed by atoms with Crippen molar-refractivity contribution >= 4 is 17.7 Å². The molecule has 0 aliphatic carbocycles. The Kier molecular flexibility index (Phi) is 7.07. The van der Waals surface area contributed by atoms with E-state index in [0.29, 0.717) is 35.4 Å². The van der Waals surface area contributed by atoms with Crippen molar-refractivity contribution in [3.05, 3.63) is 75.8 Å². The van der Waals surface area contributed by atoms with Crippen LogP contribution in [-0.4, -0.2) is 29.1 Å². The van der Waals surface area contributed by atoms with Gasteiger partial charge in [-0.25, -0.2) is 9.78 Å². The van der Waals surface area contributed by atoms with Gasteiger partial charge in [-0.3, -0.25) is 9.20 Å². The lowest BCUT2D eigenvalue weighted by atomic mass is 10.2. The van der Waals surface area contributed by atoms with Crippen LogP contribution >= 0.6 is 0 Å². The van der Waals surface area contributed by atoms with Gasteiger partial charge in [0.05, 0.1) is 19.4 Å². The van der Waals surface area contributed by atoms with Gasteiger partial charge in [-0.1, -0.05) is 26.0 Å². The third-order valence-electron chi connectivity index (χ3n) is 4.39. The summed E-state index contributed by atoms with van der Waals surface area (Å²) in [5.74, 6) is 1.11. The van der Waals surface area contributed by atoms with Gasteiger partial charge in [-0.2, -0.15) is 0 Å². The predicted molar refractivity (Wildman–Crippen MR) is 118 cm³/mol. The maximum Gasteiger partial charge on any atom is 0.331 e. The van der Waals surface area contributed by atoms with Crippen molar-refractivity contribution in [2.24, 2.45) is 5.92 Å². The molecule has 31 heavy (non-hydrogen) atoms. The van der Waals surface area contributed by atoms with Gasteiger partial charge < -0.3 is 14.2 Å². The van der Waals surface area contributed by atoms with Gasteiger partial charge in [0.15, 0.2) is 11.5 Å². The van der Waals surface area contributed by atoms with E-state index in [2.05, 4.69) is 18.8 Å². The molecular formula is C24H26N2O5. The Labute approximate surface area is 180 Å². The summed E-state index contributed by atoms with van der Waals surface area (Å²) < 4.78 is 17.8. The molecule has 2 heterocycles. The van der Waals surface area contributed by atoms with Gasteiger partial charge in [0, 0.05) is 18.3 Å². The quantitative estimate of drug-likeness (QED) is 0.406. The Morgan fingerprint density at radius 3 is 2.71 bits per heavy atom. The smallest absolute Gasteiger partial charge is 0.331 e. The molecule has 0 aliphatic heterocycles. The first-order chi connectivity index (χ1) is 14.9. The molecular weight excluding hydrogens is 396 g/mol. The summed E-state index contributed by atoms with van der Waals surface area (Å²) in [5.41, 5.74) is 2.40. The van der Waals surface area contributed by atoms with Gasteiger partial charge in [0.25, 0.3) is 5.56 Å². The summed E-state index contributed by atoms with van der Waals surface area (Å²) in [5, 5.41) is 0. The lowest BCUT2D eigenvalue weighted by Crippen LogP contribution is -2.16. The van der Waals surface area contributed by atoms with Crippen LogP contribution < -0.4 is 15.0 Å². The van der Waals surface area contributed by atoms with Crippen LogP contribution in [0.25, 0.3) is 11.7 Å². The zero-order chi connectivity index (χ0) is 22.4. The fourth-order valence-corrected chi connectivity index (χ4v) is 2.85. The van der Waals surface area contributed by atoms with E-state index in [-0.39, 0.29) is 12.2 Å². The SMILES string of the molecule is COc1cc(/C=C/C(=O)OCc2cc(=O)n3cc(C)ccc3n2)ccc1OCC(C)C. The average Bonchev–Trinajstić information content (AvgIpc) is 2.75. The second-order valence-electron chi connectivity index (χ2n) is 7.58. The van der Waals surface area contributed by atoms with E-state index in [9.17, 15) is 9.59 Å². The van der Waals surface area contributed by atoms with Crippen LogP contribution in [-0.2, 0) is 16.1 Å². The first kappa shape index (κ1) is 22.1. The predicted octanol–water partition coefficient (Wildman–Crippen LogP) is 3.80. The van der Waals surface area contributed by atoms with Gasteiger partial charge in [0.1, 0.15) is 12.3 Å². The molecule has 3 rings (SSSR count). The zero-order valence-corrected chi connectivity index (χ0v) is 18.1. The van der Waals surface area contributed by atoms with Gasteiger partial charge in [-0.05, 0) is 48.2 Å². The van der Waals surface area contributed by atoms with Crippen molar-refractivity contribution in [3.63, 3.8) is 0 Å². The standard InChI is InChI=1S/C24H26N2O5/c1-16(2)14-30-20-8-6-18(11-21(20)29-4)7-10-24(28)31-15-19-12-23(27)26-13-17(3)5-9-22(26)25-19/h5-13,16H,14-15H2,1-4H3/b10-7+. The Bertz CT molecular complexity index is 1160. The van der Waals surface area contributed by atoms with Crippen LogP contribution in [0.15, 0.2) is 53.5 Å². The molecule has 0 atom stereocenters. The highest BCUT2D eigenvalue weighted by atomic mass is 16.5. The molecule has 7 heteroatoms. The molecule has 0 radical (unpaired) electrons. The topological polar surface area (TPSA) is 79.1 Å². The molecule has 3 aromatic rings. The van der Waals surface area contributed by atoms with Crippen molar-refractivity contribution in [2.75, 3.05) is 13.7 Å². The maximum atomic E-state index is 12.2. The van der Waals surface area contributed by atoms with Crippen LogP contribution in [0.2, 0.25) is 0 Å². The molecule has 0 unspecified atom stereocenters. The maximum absolute atomic E-state index is 12.2. The first-order valence-corrected chi connectivity index (χ1v) is 10.0. The molecule has 0 saturated carbocycles. The summed E-state index contributed by atoms with van der Waals surface area (Å²) in [6.07, 6.45) is 4.67. The number of nitrogens with zero attached hydrogens (tertiary/aromatic N) is 2. The number of benzene rings is 1. The molecule has 0 fully saturated rings. The molecule has 7 nitrogen and oxygen atoms in total. The summed E-state index contributed by atoms with van der Waals surface area (Å²) in [4.78, 5) is 28.7. The van der Waals surface area contributed by atoms with E-state index in [1.807, 2.05) is 19.1 Å². The number of hydrogen-bond acceptors (Lipinski definition) is 6. The fourth-order valence-electron chi connectivity index (χ4n) is 2.85. The van der Waals surface area contributed by atoms with E-state index in [0.717, 1.165) is 11.1 Å². The molecule has 0 amide bonds. The van der Waals surface area contributed by atoms with Crippen LogP contribution in [0.3, 0.4) is 0 Å². The Balaban J connectivity index is 1.63. The van der Waals surface area contributed by atoms with E-state index in [1.165, 1.54) is 16.5 Å². The van der Waals surface area contributed by atoms with Crippen molar-refractivity contribution in [1.82, 2.24) is 9.38 Å². The fraction of sp³-hybridized carbons (Fsp3) is 0.292. The molecule has 2 aromatic heterocycles. The largest absolute Gasteiger partial charge is 0.493 e. The first-order valence-electron chi connectivity index (χ1n) is 10.0. The number of methoxy groups -OCH3 is 1. The third-order valence-corrected chi connectivity index (χ3v) is 4.39. The molecule has 0 bridgehead atoms. The Hall–Kier alpha value is -3.61. The second-order valence-corrected chi connectivity index (χ2v) is 7.58. The second kappa shape index (κ2) is 9.93. The number of rotatable bonds is 8. The Morgan fingerprint density at radius 1 is 1.16 bits per heavy atom. The normalized spacial score (nSPS) is 11.3. The van der Waals surface area contributed by atoms with Crippen LogP contribution in [0.1, 0.15) is 30.7 Å². The molecule has 0 spiro atoms. The highest BCUT2D eigenvalue weighted by molar-refractivity contribution is 5.87. The number of carbonyl (C=O) groups excluding carboxylic acids is 1. The zero-order valence-electron chi connectivity index (χ0n) is 18.1. The molecule has 0 aliphatic rings. The van der Waals surface area contributed by atoms with Crippen molar-refractivity contribution < 1.29 is 19.0 Å². The number of aryl methyl sites for hydroxylation is 1. The highest BCUT2D eigenvalue weighted by Crippen LogP contribution is 2.29. The number of fused-ring (bicyclic) bond motifs is 1. The minimum absolute atomic E-state index is 0.0892. The van der Waals surface area contributed by atoms with E-state index >= 15 is 0 Å². The molecule has 0 saturated heterocycles. The summed E-state index contributed by atoms with van der Waals surface area (Å²) >= 11 is 0. The van der Waals surface area contributed by atoms with Gasteiger partial charge >= 0.3 is 5.97 Å². The number of carbonyl (C=O) groups is 1. The lowest BCUT2D eigenvalue weighted by Gasteiger charge is -2.12. The monoisotopic (exact) mass is 422 g/mol. The van der Waals surface area contributed by atoms with Crippen molar-refractivity contribution in [1.29, 1.82) is 0 Å². The summed E-state index contributed by atoms with van der Waals surface area (Å²) in [6.45, 7) is 6.54. The summed E-state index contributed by atoms with van der Waals surface area (Å²) in [6, 6.07) is 10.4. The van der Waals surface area contributed by atoms with Gasteiger partial charge in [-0.15, -0.1) is 0 Å². The van der Waals surface area contributed by atoms with E-state index in [1.54, 1.807) is 37.6 Å². The van der Waals surface area contributed by atoms with E-state index in [4.69, 9.17) is 14.2 Å². The highest BCUT2D eigenvalue weighted by Gasteiger charge is 2.08. The average molecular weight is 422 g/mol. The van der Waals surface area contributed by atoms with Crippen molar-refractivity contribution in [2.45, 2.75) is 27.4 Å². The minimum atomic E-state index is -0.537. The molecule has 0 N–H and O–H groups in total. The molecule has 162 valence electrons. The van der Waals surface area contributed by atoms with Crippen molar-refractivity contribution in [3.8, 4) is 11.5 Å². The number of hydrogen-bond donors (Lipinski definition) is 0. The number of esters is 1. The van der Waals surface area contributed by atoms with E-state index < -0.39 is 5.97 Å².